The highest BCUT2D eigenvalue weighted by Gasteiger charge is 2.37. The van der Waals surface area contributed by atoms with E-state index in [0.29, 0.717) is 6.42 Å². The largest absolute Gasteiger partial charge is 0.410 e. The molecule has 0 aromatic rings. The summed E-state index contributed by atoms with van der Waals surface area (Å²) in [4.78, 5) is 0. The van der Waals surface area contributed by atoms with Crippen molar-refractivity contribution in [2.75, 3.05) is 13.2 Å². The molecule has 0 N–H and O–H groups in total. The maximum atomic E-state index is 13.4. The van der Waals surface area contributed by atoms with E-state index in [0.717, 1.165) is 0 Å². The van der Waals surface area contributed by atoms with Crippen molar-refractivity contribution in [2.45, 2.75) is 45.3 Å². The van der Waals surface area contributed by atoms with E-state index < -0.39 is 8.32 Å². The van der Waals surface area contributed by atoms with Gasteiger partial charge in [-0.25, -0.2) is 8.96 Å². The Labute approximate surface area is 106 Å². The first-order chi connectivity index (χ1) is 7.70. The lowest BCUT2D eigenvalue weighted by atomic mass is 10.2. The van der Waals surface area contributed by atoms with Crippen molar-refractivity contribution >= 4 is 17.0 Å². The Kier molecular flexibility index (Phi) is 7.33. The third-order valence-corrected chi connectivity index (χ3v) is 7.77. The van der Waals surface area contributed by atoms with Gasteiger partial charge in [-0.15, -0.1) is 0 Å². The van der Waals surface area contributed by atoms with Crippen LogP contribution in [0.5, 0.6) is 0 Å². The second-order valence-corrected chi connectivity index (χ2v) is 10.6. The van der Waals surface area contributed by atoms with Gasteiger partial charge in [-0.3, -0.25) is 4.52 Å². The van der Waals surface area contributed by atoms with Crippen LogP contribution in [0.1, 0.15) is 27.2 Å². The van der Waals surface area contributed by atoms with Gasteiger partial charge in [-0.05, 0) is 30.6 Å². The number of hydrogen-bond donors (Lipinski definition) is 0. The van der Waals surface area contributed by atoms with Crippen LogP contribution in [0.3, 0.4) is 0 Å². The van der Waals surface area contributed by atoms with Crippen LogP contribution in [0.4, 0.5) is 4.39 Å². The van der Waals surface area contributed by atoms with Crippen LogP contribution in [-0.2, 0) is 13.5 Å². The van der Waals surface area contributed by atoms with Crippen LogP contribution in [0.2, 0.25) is 18.1 Å². The average Bonchev–Trinajstić information content (AvgIpc) is 2.20. The van der Waals surface area contributed by atoms with Crippen molar-refractivity contribution in [1.82, 2.24) is 0 Å². The predicted octanol–water partition coefficient (Wildman–Crippen LogP) is 4.48. The SMILES string of the molecule is CC(C)(C)[Si](C)(C)OC/C(F)=C\CCOP=O. The molecular weight excluding hydrogens is 258 g/mol. The first kappa shape index (κ1) is 16.9. The maximum absolute atomic E-state index is 13.4. The van der Waals surface area contributed by atoms with Crippen molar-refractivity contribution in [2.24, 2.45) is 0 Å². The molecule has 17 heavy (non-hydrogen) atoms. The molecule has 0 aromatic heterocycles. The molecule has 0 heterocycles. The lowest BCUT2D eigenvalue weighted by Crippen LogP contribution is -2.41. The highest BCUT2D eigenvalue weighted by molar-refractivity contribution is 7.17. The molecule has 0 rings (SSSR count). The predicted molar refractivity (Wildman–Crippen MR) is 70.5 cm³/mol. The molecule has 0 bridgehead atoms. The van der Waals surface area contributed by atoms with E-state index in [1.165, 1.54) is 6.08 Å². The lowest BCUT2D eigenvalue weighted by Gasteiger charge is -2.35. The van der Waals surface area contributed by atoms with Gasteiger partial charge in [0.2, 0.25) is 0 Å². The first-order valence-corrected chi connectivity index (χ1v) is 9.27. The zero-order valence-electron chi connectivity index (χ0n) is 11.2. The molecule has 0 spiro atoms. The van der Waals surface area contributed by atoms with Crippen molar-refractivity contribution in [3.05, 3.63) is 11.9 Å². The zero-order valence-corrected chi connectivity index (χ0v) is 13.1. The molecule has 0 radical (unpaired) electrons. The Morgan fingerprint density at radius 2 is 2.00 bits per heavy atom. The summed E-state index contributed by atoms with van der Waals surface area (Å²) in [5.74, 6) is -0.291. The van der Waals surface area contributed by atoms with Crippen molar-refractivity contribution in [3.63, 3.8) is 0 Å². The van der Waals surface area contributed by atoms with Crippen LogP contribution in [0.15, 0.2) is 11.9 Å². The lowest BCUT2D eigenvalue weighted by molar-refractivity contribution is 0.289. The number of halogens is 1. The quantitative estimate of drug-likeness (QED) is 0.392. The van der Waals surface area contributed by atoms with Gasteiger partial charge in [-0.2, -0.15) is 0 Å². The van der Waals surface area contributed by atoms with Gasteiger partial charge in [0.25, 0.3) is 0 Å². The molecule has 0 fully saturated rings. The molecule has 0 aliphatic heterocycles. The van der Waals surface area contributed by atoms with Crippen molar-refractivity contribution in [1.29, 1.82) is 0 Å². The van der Waals surface area contributed by atoms with Gasteiger partial charge in [0.1, 0.15) is 5.83 Å². The first-order valence-electron chi connectivity index (χ1n) is 5.64. The highest BCUT2D eigenvalue weighted by Crippen LogP contribution is 2.36. The molecule has 100 valence electrons. The molecule has 0 aliphatic rings. The molecular formula is C11H22FO3PSi. The van der Waals surface area contributed by atoms with E-state index in [1.807, 2.05) is 0 Å². The van der Waals surface area contributed by atoms with Crippen LogP contribution < -0.4 is 0 Å². The molecule has 0 amide bonds. The molecule has 0 aliphatic carbocycles. The van der Waals surface area contributed by atoms with E-state index in [9.17, 15) is 8.96 Å². The van der Waals surface area contributed by atoms with Gasteiger partial charge < -0.3 is 4.43 Å². The molecule has 0 aromatic carbocycles. The molecule has 0 saturated heterocycles. The summed E-state index contributed by atoms with van der Waals surface area (Å²) in [7, 11) is -2.25. The summed E-state index contributed by atoms with van der Waals surface area (Å²) in [6.45, 7) is 10.8. The summed E-state index contributed by atoms with van der Waals surface area (Å²) in [5.41, 5.74) is 0. The van der Waals surface area contributed by atoms with Gasteiger partial charge in [-0.1, -0.05) is 20.8 Å². The summed E-state index contributed by atoms with van der Waals surface area (Å²) in [5, 5.41) is 0.0812. The van der Waals surface area contributed by atoms with Gasteiger partial charge in [0.15, 0.2) is 8.32 Å². The second kappa shape index (κ2) is 7.37. The Hall–Kier alpha value is -0.0931. The molecule has 3 nitrogen and oxygen atoms in total. The van der Waals surface area contributed by atoms with Crippen molar-refractivity contribution < 1.29 is 17.9 Å². The van der Waals surface area contributed by atoms with Crippen LogP contribution in [0, 0.1) is 0 Å². The summed E-state index contributed by atoms with van der Waals surface area (Å²) < 4.78 is 33.6. The fourth-order valence-corrected chi connectivity index (χ4v) is 1.94. The molecule has 0 atom stereocenters. The molecule has 0 saturated carbocycles. The summed E-state index contributed by atoms with van der Waals surface area (Å²) in [6.07, 6.45) is 1.82. The van der Waals surface area contributed by atoms with Gasteiger partial charge >= 0.3 is 8.69 Å². The Bertz CT molecular complexity index is 274. The van der Waals surface area contributed by atoms with Crippen LogP contribution in [0.25, 0.3) is 0 Å². The third kappa shape index (κ3) is 7.04. The minimum absolute atomic E-state index is 0.0194. The van der Waals surface area contributed by atoms with Crippen LogP contribution >= 0.6 is 8.69 Å². The fourth-order valence-electron chi connectivity index (χ4n) is 0.830. The number of hydrogen-bond acceptors (Lipinski definition) is 3. The Balaban J connectivity index is 4.06. The Morgan fingerprint density at radius 3 is 2.47 bits per heavy atom. The topological polar surface area (TPSA) is 35.5 Å². The molecule has 6 heteroatoms. The standard InChI is InChI=1S/C11H22FO3PSi/c1-11(2,3)17(4,5)15-9-10(12)7-6-8-14-16-13/h7H,6,8-9H2,1-5H3/b10-7+. The summed E-state index contributed by atoms with van der Waals surface area (Å²) >= 11 is 0. The maximum Gasteiger partial charge on any atom is 0.327 e. The molecule has 0 unspecified atom stereocenters. The minimum atomic E-state index is -1.89. The average molecular weight is 280 g/mol. The van der Waals surface area contributed by atoms with E-state index in [-0.39, 0.29) is 32.8 Å². The van der Waals surface area contributed by atoms with Crippen LogP contribution in [-0.4, -0.2) is 21.5 Å². The van der Waals surface area contributed by atoms with E-state index in [1.54, 1.807) is 0 Å². The highest BCUT2D eigenvalue weighted by atomic mass is 31.1. The van der Waals surface area contributed by atoms with E-state index >= 15 is 0 Å². The minimum Gasteiger partial charge on any atom is -0.410 e. The fraction of sp³-hybridized carbons (Fsp3) is 0.818. The van der Waals surface area contributed by atoms with Gasteiger partial charge in [0.05, 0.1) is 13.2 Å². The third-order valence-electron chi connectivity index (χ3n) is 3.00. The summed E-state index contributed by atoms with van der Waals surface area (Å²) in [6, 6.07) is 0. The Morgan fingerprint density at radius 1 is 1.41 bits per heavy atom. The van der Waals surface area contributed by atoms with Gasteiger partial charge in [0, 0.05) is 0 Å². The smallest absolute Gasteiger partial charge is 0.327 e. The monoisotopic (exact) mass is 280 g/mol. The second-order valence-electron chi connectivity index (χ2n) is 5.40. The zero-order chi connectivity index (χ0) is 13.5. The number of rotatable bonds is 7. The van der Waals surface area contributed by atoms with Crippen molar-refractivity contribution in [3.8, 4) is 0 Å². The van der Waals surface area contributed by atoms with E-state index in [2.05, 4.69) is 38.4 Å². The normalized spacial score (nSPS) is 14.4. The van der Waals surface area contributed by atoms with E-state index in [4.69, 9.17) is 4.43 Å².